The van der Waals surface area contributed by atoms with Crippen LogP contribution in [0.1, 0.15) is 6.42 Å². The first-order valence-electron chi connectivity index (χ1n) is 2.85. The Morgan fingerprint density at radius 3 is 2.60 bits per heavy atom. The van der Waals surface area contributed by atoms with Crippen molar-refractivity contribution >= 4 is 16.9 Å². The second kappa shape index (κ2) is 3.14. The van der Waals surface area contributed by atoms with E-state index in [2.05, 4.69) is 0 Å². The van der Waals surface area contributed by atoms with Crippen LogP contribution in [0.25, 0.3) is 0 Å². The normalized spacial score (nSPS) is 22.9. The van der Waals surface area contributed by atoms with Crippen LogP contribution in [0.2, 0.25) is 0 Å². The molecule has 0 heterocycles. The second-order valence-electron chi connectivity index (χ2n) is 1.94. The van der Waals surface area contributed by atoms with Gasteiger partial charge < -0.3 is 0 Å². The van der Waals surface area contributed by atoms with Crippen LogP contribution in [-0.4, -0.2) is 16.8 Å². The summed E-state index contributed by atoms with van der Waals surface area (Å²) in [7, 11) is 0. The van der Waals surface area contributed by atoms with E-state index in [4.69, 9.17) is 0 Å². The van der Waals surface area contributed by atoms with Crippen molar-refractivity contribution in [3.05, 3.63) is 12.2 Å². The van der Waals surface area contributed by atoms with Crippen molar-refractivity contribution < 1.29 is 13.6 Å². The Balaban J connectivity index is 2.24. The van der Waals surface area contributed by atoms with E-state index >= 15 is 0 Å². The van der Waals surface area contributed by atoms with Gasteiger partial charge in [-0.05, 0) is 6.42 Å². The molecule has 1 aliphatic rings. The van der Waals surface area contributed by atoms with Gasteiger partial charge in [-0.15, -0.1) is 0 Å². The fourth-order valence-electron chi connectivity index (χ4n) is 0.535. The maximum atomic E-state index is 11.6. The molecule has 0 aliphatic heterocycles. The van der Waals surface area contributed by atoms with Crippen LogP contribution in [0.4, 0.5) is 8.78 Å². The summed E-state index contributed by atoms with van der Waals surface area (Å²) >= 11 is 0.719. The van der Waals surface area contributed by atoms with Crippen molar-refractivity contribution in [2.24, 2.45) is 0 Å². The minimum absolute atomic E-state index is 0.00139. The average molecular weight is 164 g/mol. The number of hydrogen-bond acceptors (Lipinski definition) is 2. The smallest absolute Gasteiger partial charge is 0.281 e. The van der Waals surface area contributed by atoms with Crippen LogP contribution in [0.15, 0.2) is 12.2 Å². The van der Waals surface area contributed by atoms with Crippen LogP contribution in [0, 0.1) is 0 Å². The number of halogens is 2. The number of alkyl halides is 2. The Morgan fingerprint density at radius 2 is 2.30 bits per heavy atom. The topological polar surface area (TPSA) is 17.1 Å². The first kappa shape index (κ1) is 7.72. The van der Waals surface area contributed by atoms with Crippen LogP contribution >= 0.6 is 11.8 Å². The summed E-state index contributed by atoms with van der Waals surface area (Å²) in [5.74, 6) is 0. The molecule has 0 bridgehead atoms. The summed E-state index contributed by atoms with van der Waals surface area (Å²) in [5.41, 5.74) is 0. The number of thioether (sulfide) groups is 1. The molecule has 4 heteroatoms. The summed E-state index contributed by atoms with van der Waals surface area (Å²) in [6.07, 6.45) is 1.53. The SMILES string of the molecule is O=C(SC1C=CC1)C(F)F. The second-order valence-corrected chi connectivity index (χ2v) is 3.18. The summed E-state index contributed by atoms with van der Waals surface area (Å²) in [4.78, 5) is 10.3. The molecular weight excluding hydrogens is 158 g/mol. The number of carbonyl (C=O) groups excluding carboxylic acids is 1. The summed E-state index contributed by atoms with van der Waals surface area (Å²) in [6.45, 7) is 0. The molecule has 0 aromatic heterocycles. The van der Waals surface area contributed by atoms with Crippen LogP contribution < -0.4 is 0 Å². The molecule has 0 radical (unpaired) electrons. The van der Waals surface area contributed by atoms with E-state index in [-0.39, 0.29) is 5.25 Å². The number of carbonyl (C=O) groups is 1. The molecule has 1 nitrogen and oxygen atoms in total. The molecule has 0 aromatic carbocycles. The highest BCUT2D eigenvalue weighted by molar-refractivity contribution is 8.14. The van der Waals surface area contributed by atoms with Gasteiger partial charge in [-0.2, -0.15) is 0 Å². The van der Waals surface area contributed by atoms with Crippen LogP contribution in [-0.2, 0) is 4.79 Å². The molecule has 0 aromatic rings. The highest BCUT2D eigenvalue weighted by Gasteiger charge is 2.22. The lowest BCUT2D eigenvalue weighted by molar-refractivity contribution is -0.120. The van der Waals surface area contributed by atoms with Crippen molar-refractivity contribution in [3.63, 3.8) is 0 Å². The first-order chi connectivity index (χ1) is 4.70. The van der Waals surface area contributed by atoms with Gasteiger partial charge in [-0.1, -0.05) is 23.9 Å². The summed E-state index contributed by atoms with van der Waals surface area (Å²) in [6, 6.07) is 0. The van der Waals surface area contributed by atoms with Gasteiger partial charge in [-0.25, -0.2) is 8.78 Å². The Kier molecular flexibility index (Phi) is 2.43. The van der Waals surface area contributed by atoms with E-state index in [9.17, 15) is 13.6 Å². The van der Waals surface area contributed by atoms with Crippen LogP contribution in [0.3, 0.4) is 0 Å². The van der Waals surface area contributed by atoms with Gasteiger partial charge in [-0.3, -0.25) is 4.79 Å². The molecule has 1 atom stereocenters. The molecule has 0 saturated heterocycles. The summed E-state index contributed by atoms with van der Waals surface area (Å²) < 4.78 is 23.1. The van der Waals surface area contributed by atoms with Crippen molar-refractivity contribution in [1.29, 1.82) is 0 Å². The largest absolute Gasteiger partial charge is 0.306 e. The zero-order valence-electron chi connectivity index (χ0n) is 5.09. The molecule has 56 valence electrons. The number of rotatable bonds is 2. The van der Waals surface area contributed by atoms with E-state index in [1.54, 1.807) is 6.08 Å². The van der Waals surface area contributed by atoms with Gasteiger partial charge in [0.25, 0.3) is 5.12 Å². The standard InChI is InChI=1S/C6H6F2OS/c7-5(8)6(9)10-4-2-1-3-4/h1-2,4-5H,3H2. The molecule has 0 amide bonds. The first-order valence-corrected chi connectivity index (χ1v) is 3.73. The fraction of sp³-hybridized carbons (Fsp3) is 0.500. The van der Waals surface area contributed by atoms with E-state index in [0.717, 1.165) is 18.2 Å². The average Bonchev–Trinajstić information content (AvgIpc) is 1.77. The third kappa shape index (κ3) is 1.80. The monoisotopic (exact) mass is 164 g/mol. The maximum Gasteiger partial charge on any atom is 0.306 e. The Labute approximate surface area is 61.5 Å². The molecule has 1 unspecified atom stereocenters. The molecule has 10 heavy (non-hydrogen) atoms. The van der Waals surface area contributed by atoms with E-state index < -0.39 is 11.5 Å². The third-order valence-corrected chi connectivity index (χ3v) is 2.23. The molecule has 0 N–H and O–H groups in total. The highest BCUT2D eigenvalue weighted by atomic mass is 32.2. The minimum atomic E-state index is -2.82. The summed E-state index contributed by atoms with van der Waals surface area (Å²) in [5, 5.41) is -1.02. The van der Waals surface area contributed by atoms with E-state index in [1.807, 2.05) is 6.08 Å². The lowest BCUT2D eigenvalue weighted by Gasteiger charge is -2.14. The van der Waals surface area contributed by atoms with Gasteiger partial charge in [0.05, 0.1) is 0 Å². The van der Waals surface area contributed by atoms with Crippen molar-refractivity contribution in [1.82, 2.24) is 0 Å². The van der Waals surface area contributed by atoms with Gasteiger partial charge in [0.15, 0.2) is 0 Å². The third-order valence-electron chi connectivity index (χ3n) is 1.16. The zero-order valence-corrected chi connectivity index (χ0v) is 5.91. The molecule has 0 fully saturated rings. The molecule has 0 spiro atoms. The Bertz CT molecular complexity index is 167. The van der Waals surface area contributed by atoms with Gasteiger partial charge >= 0.3 is 6.43 Å². The lowest BCUT2D eigenvalue weighted by Crippen LogP contribution is -2.13. The predicted molar refractivity (Wildman–Crippen MR) is 36.1 cm³/mol. The number of allylic oxidation sites excluding steroid dienone is 1. The zero-order chi connectivity index (χ0) is 7.56. The van der Waals surface area contributed by atoms with Gasteiger partial charge in [0.1, 0.15) is 0 Å². The Morgan fingerprint density at radius 1 is 1.70 bits per heavy atom. The number of hydrogen-bond donors (Lipinski definition) is 0. The van der Waals surface area contributed by atoms with Crippen molar-refractivity contribution in [2.45, 2.75) is 18.1 Å². The molecule has 0 saturated carbocycles. The fourth-order valence-corrected chi connectivity index (χ4v) is 1.33. The van der Waals surface area contributed by atoms with E-state index in [1.165, 1.54) is 0 Å². The Hall–Kier alpha value is -0.380. The van der Waals surface area contributed by atoms with Gasteiger partial charge in [0.2, 0.25) is 0 Å². The predicted octanol–water partition coefficient (Wildman–Crippen LogP) is 1.84. The minimum Gasteiger partial charge on any atom is -0.281 e. The molecule has 1 rings (SSSR count). The molecule has 1 aliphatic carbocycles. The highest BCUT2D eigenvalue weighted by Crippen LogP contribution is 2.26. The van der Waals surface area contributed by atoms with E-state index in [0.29, 0.717) is 0 Å². The van der Waals surface area contributed by atoms with Crippen molar-refractivity contribution in [3.8, 4) is 0 Å². The lowest BCUT2D eigenvalue weighted by atomic mass is 10.1. The van der Waals surface area contributed by atoms with Crippen molar-refractivity contribution in [2.75, 3.05) is 0 Å². The quantitative estimate of drug-likeness (QED) is 0.579. The maximum absolute atomic E-state index is 11.6. The van der Waals surface area contributed by atoms with Gasteiger partial charge in [0, 0.05) is 5.25 Å². The molecular formula is C6H6F2OS. The van der Waals surface area contributed by atoms with Crippen LogP contribution in [0.5, 0.6) is 0 Å².